The van der Waals surface area contributed by atoms with E-state index in [2.05, 4.69) is 33.0 Å². The number of carbonyl (C=O) groups excluding carboxylic acids is 3. The van der Waals surface area contributed by atoms with Crippen molar-refractivity contribution in [3.05, 3.63) is 56.6 Å². The molecule has 0 atom stereocenters. The first kappa shape index (κ1) is 21.3. The minimum atomic E-state index is -0.426. The van der Waals surface area contributed by atoms with Gasteiger partial charge < -0.3 is 5.32 Å². The highest BCUT2D eigenvalue weighted by Gasteiger charge is 2.36. The lowest BCUT2D eigenvalue weighted by Crippen LogP contribution is -2.36. The number of anilines is 1. The molecular weight excluding hydrogens is 404 g/mol. The zero-order valence-electron chi connectivity index (χ0n) is 16.9. The zero-order chi connectivity index (χ0) is 21.1. The van der Waals surface area contributed by atoms with Crippen molar-refractivity contribution < 1.29 is 14.4 Å². The van der Waals surface area contributed by atoms with Gasteiger partial charge >= 0.3 is 0 Å². The fourth-order valence-corrected chi connectivity index (χ4v) is 4.72. The average molecular weight is 429 g/mol. The number of hydrogen-bond acceptors (Lipinski definition) is 5. The molecule has 3 amide bonds. The van der Waals surface area contributed by atoms with Crippen molar-refractivity contribution in [2.24, 2.45) is 0 Å². The molecule has 0 unspecified atom stereocenters. The molecule has 7 heteroatoms. The Balaban J connectivity index is 1.78. The maximum Gasteiger partial charge on any atom is 0.294 e. The van der Waals surface area contributed by atoms with Gasteiger partial charge in [-0.3, -0.25) is 19.3 Å². The first-order chi connectivity index (χ1) is 13.8. The average Bonchev–Trinajstić information content (AvgIpc) is 3.25. The molecule has 1 saturated heterocycles. The topological polar surface area (TPSA) is 66.5 Å². The van der Waals surface area contributed by atoms with Crippen molar-refractivity contribution in [3.63, 3.8) is 0 Å². The predicted molar refractivity (Wildman–Crippen MR) is 120 cm³/mol. The molecule has 0 spiro atoms. The van der Waals surface area contributed by atoms with Crippen LogP contribution in [-0.4, -0.2) is 28.5 Å². The van der Waals surface area contributed by atoms with Gasteiger partial charge in [-0.15, -0.1) is 11.3 Å². The summed E-state index contributed by atoms with van der Waals surface area (Å²) >= 11 is 2.36. The third-order valence-electron chi connectivity index (χ3n) is 4.63. The lowest BCUT2D eigenvalue weighted by molar-refractivity contribution is -0.127. The van der Waals surface area contributed by atoms with Gasteiger partial charge in [-0.1, -0.05) is 52.0 Å². The Hall–Kier alpha value is -2.38. The van der Waals surface area contributed by atoms with E-state index in [0.717, 1.165) is 38.4 Å². The van der Waals surface area contributed by atoms with Crippen LogP contribution >= 0.6 is 23.1 Å². The van der Waals surface area contributed by atoms with E-state index in [1.807, 2.05) is 35.7 Å². The number of nitrogens with zero attached hydrogens (tertiary/aromatic N) is 1. The minimum Gasteiger partial charge on any atom is -0.324 e. The van der Waals surface area contributed by atoms with Crippen molar-refractivity contribution in [1.82, 2.24) is 4.90 Å². The Kier molecular flexibility index (Phi) is 6.59. The van der Waals surface area contributed by atoms with Crippen LogP contribution in [0.1, 0.15) is 55.5 Å². The van der Waals surface area contributed by atoms with Crippen LogP contribution in [0.15, 0.2) is 40.6 Å². The number of imide groups is 1. The number of para-hydroxylation sites is 1. The van der Waals surface area contributed by atoms with E-state index in [9.17, 15) is 14.4 Å². The summed E-state index contributed by atoms with van der Waals surface area (Å²) in [4.78, 5) is 39.9. The summed E-state index contributed by atoms with van der Waals surface area (Å²) < 4.78 is 0. The Morgan fingerprint density at radius 1 is 1.07 bits per heavy atom. The maximum absolute atomic E-state index is 12.7. The summed E-state index contributed by atoms with van der Waals surface area (Å²) in [5, 5.41) is 4.44. The van der Waals surface area contributed by atoms with Gasteiger partial charge in [0.25, 0.3) is 11.1 Å². The predicted octanol–water partition coefficient (Wildman–Crippen LogP) is 5.67. The fraction of sp³-hybridized carbons (Fsp3) is 0.318. The van der Waals surface area contributed by atoms with Crippen LogP contribution in [-0.2, 0) is 9.59 Å². The van der Waals surface area contributed by atoms with Crippen LogP contribution in [0.2, 0.25) is 0 Å². The quantitative estimate of drug-likeness (QED) is 0.602. The molecule has 0 aliphatic carbocycles. The second kappa shape index (κ2) is 8.97. The molecule has 1 N–H and O–H groups in total. The van der Waals surface area contributed by atoms with E-state index in [1.165, 1.54) is 11.3 Å². The molecule has 29 heavy (non-hydrogen) atoms. The monoisotopic (exact) mass is 428 g/mol. The summed E-state index contributed by atoms with van der Waals surface area (Å²) in [5.41, 5.74) is 2.86. The van der Waals surface area contributed by atoms with Gasteiger partial charge in [0.05, 0.1) is 4.91 Å². The third kappa shape index (κ3) is 4.79. The van der Waals surface area contributed by atoms with Gasteiger partial charge in [0.15, 0.2) is 0 Å². The van der Waals surface area contributed by atoms with Gasteiger partial charge in [0.1, 0.15) is 6.54 Å². The lowest BCUT2D eigenvalue weighted by Gasteiger charge is -2.21. The van der Waals surface area contributed by atoms with Gasteiger partial charge in [-0.05, 0) is 52.2 Å². The van der Waals surface area contributed by atoms with E-state index < -0.39 is 11.1 Å². The van der Waals surface area contributed by atoms with Crippen LogP contribution in [0, 0.1) is 0 Å². The van der Waals surface area contributed by atoms with Crippen LogP contribution < -0.4 is 5.32 Å². The molecular formula is C22H24N2O3S2. The van der Waals surface area contributed by atoms with Crippen LogP contribution in [0.25, 0.3) is 6.08 Å². The van der Waals surface area contributed by atoms with E-state index in [4.69, 9.17) is 0 Å². The van der Waals surface area contributed by atoms with E-state index in [1.54, 1.807) is 6.08 Å². The van der Waals surface area contributed by atoms with Crippen molar-refractivity contribution >= 4 is 51.9 Å². The lowest BCUT2D eigenvalue weighted by atomic mass is 9.92. The Morgan fingerprint density at radius 3 is 2.28 bits per heavy atom. The second-order valence-corrected chi connectivity index (χ2v) is 9.42. The highest BCUT2D eigenvalue weighted by Crippen LogP contribution is 2.34. The molecule has 2 heterocycles. The number of thiophene rings is 1. The molecule has 1 fully saturated rings. The second-order valence-electron chi connectivity index (χ2n) is 7.45. The number of rotatable bonds is 6. The van der Waals surface area contributed by atoms with Gasteiger partial charge in [-0.25, -0.2) is 0 Å². The first-order valence-electron chi connectivity index (χ1n) is 9.49. The fourth-order valence-electron chi connectivity index (χ4n) is 3.16. The van der Waals surface area contributed by atoms with Crippen molar-refractivity contribution in [2.45, 2.75) is 39.5 Å². The molecule has 0 bridgehead atoms. The molecule has 0 saturated carbocycles. The van der Waals surface area contributed by atoms with Crippen molar-refractivity contribution in [3.8, 4) is 0 Å². The standard InChI is InChI=1S/C22H24N2O3S2/c1-13(2)16-8-5-9-17(14(3)4)20(16)23-19(25)12-24-21(26)18(29-22(24)27)11-15-7-6-10-28-15/h5-11,13-14H,12H2,1-4H3,(H,23,25)/b18-11-. The van der Waals surface area contributed by atoms with Crippen LogP contribution in [0.5, 0.6) is 0 Å². The molecule has 1 aromatic heterocycles. The Labute approximate surface area is 179 Å². The summed E-state index contributed by atoms with van der Waals surface area (Å²) in [7, 11) is 0. The Morgan fingerprint density at radius 2 is 1.72 bits per heavy atom. The number of amides is 3. The van der Waals surface area contributed by atoms with Gasteiger partial charge in [-0.2, -0.15) is 0 Å². The number of thioether (sulfide) groups is 1. The zero-order valence-corrected chi connectivity index (χ0v) is 18.5. The number of nitrogens with one attached hydrogen (secondary N) is 1. The highest BCUT2D eigenvalue weighted by atomic mass is 32.2. The van der Waals surface area contributed by atoms with Crippen LogP contribution in [0.3, 0.4) is 0 Å². The number of hydrogen-bond donors (Lipinski definition) is 1. The summed E-state index contributed by atoms with van der Waals surface area (Å²) in [6.45, 7) is 7.99. The molecule has 0 radical (unpaired) electrons. The highest BCUT2D eigenvalue weighted by molar-refractivity contribution is 8.18. The maximum atomic E-state index is 12.7. The summed E-state index contributed by atoms with van der Waals surface area (Å²) in [6.07, 6.45) is 1.69. The third-order valence-corrected chi connectivity index (χ3v) is 6.36. The van der Waals surface area contributed by atoms with E-state index in [-0.39, 0.29) is 24.3 Å². The molecule has 2 aromatic rings. The smallest absolute Gasteiger partial charge is 0.294 e. The first-order valence-corrected chi connectivity index (χ1v) is 11.2. The SMILES string of the molecule is CC(C)c1cccc(C(C)C)c1NC(=O)CN1C(=O)S/C(=C\c2cccs2)C1=O. The molecule has 3 rings (SSSR count). The largest absolute Gasteiger partial charge is 0.324 e. The molecule has 1 aliphatic heterocycles. The molecule has 1 aliphatic rings. The number of benzene rings is 1. The molecule has 5 nitrogen and oxygen atoms in total. The minimum absolute atomic E-state index is 0.231. The molecule has 1 aromatic carbocycles. The van der Waals surface area contributed by atoms with Gasteiger partial charge in [0, 0.05) is 10.6 Å². The van der Waals surface area contributed by atoms with Gasteiger partial charge in [0.2, 0.25) is 5.91 Å². The van der Waals surface area contributed by atoms with E-state index >= 15 is 0 Å². The molecule has 152 valence electrons. The van der Waals surface area contributed by atoms with Crippen LogP contribution in [0.4, 0.5) is 10.5 Å². The summed E-state index contributed by atoms with van der Waals surface area (Å²) in [6, 6.07) is 9.74. The normalized spacial score (nSPS) is 15.8. The number of carbonyl (C=O) groups is 3. The van der Waals surface area contributed by atoms with Crippen molar-refractivity contribution in [2.75, 3.05) is 11.9 Å². The van der Waals surface area contributed by atoms with Crippen molar-refractivity contribution in [1.29, 1.82) is 0 Å². The Bertz CT molecular complexity index is 936. The summed E-state index contributed by atoms with van der Waals surface area (Å²) in [5.74, 6) is -0.339. The van der Waals surface area contributed by atoms with E-state index in [0.29, 0.717) is 4.91 Å².